The number of hydrogen-bond donors (Lipinski definition) is 0. The molecule has 5 rings (SSSR count). The van der Waals surface area contributed by atoms with Crippen molar-refractivity contribution in [1.82, 2.24) is 4.90 Å². The summed E-state index contributed by atoms with van der Waals surface area (Å²) in [7, 11) is 0. The average Bonchev–Trinajstić information content (AvgIpc) is 3.09. The lowest BCUT2D eigenvalue weighted by atomic mass is 9.55. The fraction of sp³-hybridized carbons (Fsp3) is 0.650. The second kappa shape index (κ2) is 4.78. The molecule has 23 heavy (non-hydrogen) atoms. The van der Waals surface area contributed by atoms with Crippen LogP contribution < -0.4 is 0 Å². The van der Waals surface area contributed by atoms with Gasteiger partial charge in [-0.1, -0.05) is 43.7 Å². The summed E-state index contributed by atoms with van der Waals surface area (Å²) in [6, 6.07) is 10.9. The summed E-state index contributed by atoms with van der Waals surface area (Å²) in [6.45, 7) is 3.37. The predicted molar refractivity (Wildman–Crippen MR) is 94.3 cm³/mol. The van der Waals surface area contributed by atoms with E-state index in [1.807, 2.05) is 0 Å². The Morgan fingerprint density at radius 1 is 1.22 bits per heavy atom. The number of benzene rings is 1. The summed E-state index contributed by atoms with van der Waals surface area (Å²) in [6.07, 6.45) is 7.73. The minimum Gasteiger partial charge on any atom is -0.326 e. The molecule has 4 aliphatic rings. The van der Waals surface area contributed by atoms with Gasteiger partial charge < -0.3 is 4.90 Å². The largest absolute Gasteiger partial charge is 0.326 e. The molecule has 4 fully saturated rings. The van der Waals surface area contributed by atoms with Crippen LogP contribution in [0.1, 0.15) is 56.9 Å². The molecular formula is C20H25NOS. The fourth-order valence-electron chi connectivity index (χ4n) is 6.46. The van der Waals surface area contributed by atoms with Gasteiger partial charge in [-0.15, -0.1) is 11.8 Å². The molecule has 3 aliphatic heterocycles. The van der Waals surface area contributed by atoms with E-state index in [2.05, 4.69) is 53.9 Å². The Balaban J connectivity index is 1.68. The van der Waals surface area contributed by atoms with Gasteiger partial charge in [0, 0.05) is 23.8 Å². The van der Waals surface area contributed by atoms with Crippen LogP contribution in [0.5, 0.6) is 0 Å². The van der Waals surface area contributed by atoms with Crippen LogP contribution in [0.3, 0.4) is 0 Å². The molecule has 0 N–H and O–H groups in total. The summed E-state index contributed by atoms with van der Waals surface area (Å²) < 4.78 is 0. The van der Waals surface area contributed by atoms with Crippen molar-refractivity contribution in [1.29, 1.82) is 0 Å². The van der Waals surface area contributed by atoms with E-state index < -0.39 is 0 Å². The van der Waals surface area contributed by atoms with Crippen LogP contribution in [-0.4, -0.2) is 27.5 Å². The summed E-state index contributed by atoms with van der Waals surface area (Å²) in [5.41, 5.74) is 1.77. The lowest BCUT2D eigenvalue weighted by Gasteiger charge is -2.62. The Labute approximate surface area is 143 Å². The Morgan fingerprint density at radius 2 is 2.00 bits per heavy atom. The SMILES string of the molecule is CC[C@]12CCC[C@@H]3[C@H](c4ccccc4)[C@@H]4S[C@@]31N(CCC2)C4=O. The highest BCUT2D eigenvalue weighted by Crippen LogP contribution is 2.74. The molecule has 2 bridgehead atoms. The zero-order valence-corrected chi connectivity index (χ0v) is 14.6. The van der Waals surface area contributed by atoms with Gasteiger partial charge in [0.2, 0.25) is 5.91 Å². The van der Waals surface area contributed by atoms with Gasteiger partial charge in [0.15, 0.2) is 0 Å². The standard InChI is InChI=1S/C20H25NOS/c1-2-19-11-6-10-15-16(14-8-4-3-5-9-14)17-18(22)21(13-7-12-19)20(15,19)23-17/h3-5,8-9,15-17H,2,6-7,10-13H2,1H3/t15-,16+,17+,19-,20+/m1/s1. The van der Waals surface area contributed by atoms with Gasteiger partial charge in [-0.3, -0.25) is 4.79 Å². The minimum atomic E-state index is 0.112. The third kappa shape index (κ3) is 1.55. The Morgan fingerprint density at radius 3 is 2.78 bits per heavy atom. The van der Waals surface area contributed by atoms with Crippen LogP contribution in [0.25, 0.3) is 0 Å². The van der Waals surface area contributed by atoms with E-state index in [4.69, 9.17) is 0 Å². The Kier molecular flexibility index (Phi) is 2.99. The normalized spacial score (nSPS) is 44.5. The molecule has 0 aromatic heterocycles. The quantitative estimate of drug-likeness (QED) is 0.802. The number of fused-ring (bicyclic) bond motifs is 1. The second-order valence-electron chi connectivity index (χ2n) is 7.90. The second-order valence-corrected chi connectivity index (χ2v) is 9.26. The number of hydrogen-bond acceptors (Lipinski definition) is 2. The van der Waals surface area contributed by atoms with E-state index in [1.54, 1.807) is 0 Å². The molecule has 1 spiro atoms. The first-order chi connectivity index (χ1) is 11.2. The lowest BCUT2D eigenvalue weighted by molar-refractivity contribution is -0.155. The molecule has 1 aliphatic carbocycles. The van der Waals surface area contributed by atoms with Gasteiger partial charge in [0.1, 0.15) is 0 Å². The summed E-state index contributed by atoms with van der Waals surface area (Å²) in [5.74, 6) is 1.54. The van der Waals surface area contributed by atoms with Crippen LogP contribution in [0.4, 0.5) is 0 Å². The molecule has 1 aromatic rings. The third-order valence-electron chi connectivity index (χ3n) is 7.31. The maximum Gasteiger partial charge on any atom is 0.237 e. The molecule has 1 saturated carbocycles. The van der Waals surface area contributed by atoms with Crippen molar-refractivity contribution in [3.63, 3.8) is 0 Å². The van der Waals surface area contributed by atoms with Crippen molar-refractivity contribution in [2.45, 2.75) is 61.5 Å². The predicted octanol–water partition coefficient (Wildman–Crippen LogP) is 4.41. The van der Waals surface area contributed by atoms with E-state index >= 15 is 0 Å². The van der Waals surface area contributed by atoms with E-state index in [0.29, 0.717) is 23.2 Å². The van der Waals surface area contributed by atoms with E-state index in [-0.39, 0.29) is 10.1 Å². The van der Waals surface area contributed by atoms with Gasteiger partial charge in [-0.05, 0) is 37.7 Å². The number of nitrogens with zero attached hydrogens (tertiary/aromatic N) is 1. The van der Waals surface area contributed by atoms with Crippen LogP contribution in [0.15, 0.2) is 30.3 Å². The van der Waals surface area contributed by atoms with E-state index in [0.717, 1.165) is 6.54 Å². The third-order valence-corrected chi connectivity index (χ3v) is 9.37. The Bertz CT molecular complexity index is 642. The number of amides is 1. The molecule has 3 heterocycles. The molecular weight excluding hydrogens is 302 g/mol. The minimum absolute atomic E-state index is 0.112. The number of piperidine rings is 2. The Hall–Kier alpha value is -0.960. The van der Waals surface area contributed by atoms with Gasteiger partial charge in [0.05, 0.1) is 10.1 Å². The van der Waals surface area contributed by atoms with Crippen molar-refractivity contribution in [2.24, 2.45) is 11.3 Å². The molecule has 2 nitrogen and oxygen atoms in total. The molecule has 3 saturated heterocycles. The van der Waals surface area contributed by atoms with Crippen molar-refractivity contribution in [2.75, 3.05) is 6.54 Å². The molecule has 122 valence electrons. The lowest BCUT2D eigenvalue weighted by Crippen LogP contribution is -2.67. The first-order valence-corrected chi connectivity index (χ1v) is 10.2. The maximum absolute atomic E-state index is 13.2. The topological polar surface area (TPSA) is 20.3 Å². The molecule has 3 heteroatoms. The first-order valence-electron chi connectivity index (χ1n) is 9.28. The fourth-order valence-corrected chi connectivity index (χ4v) is 8.91. The summed E-state index contributed by atoms with van der Waals surface area (Å²) >= 11 is 2.07. The van der Waals surface area contributed by atoms with Crippen molar-refractivity contribution in [3.8, 4) is 0 Å². The molecule has 5 atom stereocenters. The van der Waals surface area contributed by atoms with E-state index in [9.17, 15) is 4.79 Å². The van der Waals surface area contributed by atoms with Crippen LogP contribution >= 0.6 is 11.8 Å². The van der Waals surface area contributed by atoms with Crippen molar-refractivity contribution < 1.29 is 4.79 Å². The smallest absolute Gasteiger partial charge is 0.237 e. The summed E-state index contributed by atoms with van der Waals surface area (Å²) in [4.78, 5) is 15.6. The highest BCUT2D eigenvalue weighted by Gasteiger charge is 2.74. The maximum atomic E-state index is 13.2. The van der Waals surface area contributed by atoms with Crippen LogP contribution in [-0.2, 0) is 4.79 Å². The van der Waals surface area contributed by atoms with Crippen LogP contribution in [0, 0.1) is 11.3 Å². The van der Waals surface area contributed by atoms with Crippen LogP contribution in [0.2, 0.25) is 0 Å². The van der Waals surface area contributed by atoms with E-state index in [1.165, 1.54) is 44.1 Å². The van der Waals surface area contributed by atoms with Gasteiger partial charge in [-0.25, -0.2) is 0 Å². The highest BCUT2D eigenvalue weighted by molar-refractivity contribution is 8.02. The number of carbonyl (C=O) groups excluding carboxylic acids is 1. The highest BCUT2D eigenvalue weighted by atomic mass is 32.2. The van der Waals surface area contributed by atoms with Gasteiger partial charge in [-0.2, -0.15) is 0 Å². The number of carbonyl (C=O) groups is 1. The monoisotopic (exact) mass is 327 g/mol. The van der Waals surface area contributed by atoms with Crippen molar-refractivity contribution >= 4 is 17.7 Å². The zero-order chi connectivity index (χ0) is 15.7. The molecule has 1 aromatic carbocycles. The molecule has 0 unspecified atom stereocenters. The molecule has 1 amide bonds. The number of rotatable bonds is 2. The number of thioether (sulfide) groups is 1. The summed E-state index contributed by atoms with van der Waals surface area (Å²) in [5, 5.41) is 0.171. The first kappa shape index (κ1) is 14.4. The average molecular weight is 327 g/mol. The molecule has 0 radical (unpaired) electrons. The van der Waals surface area contributed by atoms with Gasteiger partial charge in [0.25, 0.3) is 0 Å². The van der Waals surface area contributed by atoms with Crippen molar-refractivity contribution in [3.05, 3.63) is 35.9 Å². The van der Waals surface area contributed by atoms with Gasteiger partial charge >= 0.3 is 0 Å². The zero-order valence-electron chi connectivity index (χ0n) is 13.8.